The molecule has 2 aromatic carbocycles. The molecule has 1 amide bonds. The fourth-order valence-electron chi connectivity index (χ4n) is 5.85. The van der Waals surface area contributed by atoms with Crippen molar-refractivity contribution in [2.24, 2.45) is 0 Å². The summed E-state index contributed by atoms with van der Waals surface area (Å²) < 4.78 is 20.3. The maximum absolute atomic E-state index is 14.2. The van der Waals surface area contributed by atoms with Gasteiger partial charge in [-0.1, -0.05) is 42.5 Å². The smallest absolute Gasteiger partial charge is 0.230 e. The molecule has 1 aliphatic heterocycles. The van der Waals surface area contributed by atoms with Crippen LogP contribution in [0.4, 0.5) is 4.39 Å². The molecule has 0 saturated carbocycles. The molecule has 1 N–H and O–H groups in total. The largest absolute Gasteiger partial charge is 0.378 e. The summed E-state index contributed by atoms with van der Waals surface area (Å²) in [5.74, 6) is 0.199. The van der Waals surface area contributed by atoms with E-state index in [1.165, 1.54) is 29.0 Å². The molecule has 1 saturated heterocycles. The first-order valence-corrected chi connectivity index (χ1v) is 13.1. The van der Waals surface area contributed by atoms with Gasteiger partial charge in [-0.2, -0.15) is 11.8 Å². The molecule has 178 valence electrons. The number of carbonyl (C=O) groups is 1. The molecule has 1 aromatic heterocycles. The second kappa shape index (κ2) is 9.64. The number of hydrogen-bond acceptors (Lipinski definition) is 5. The van der Waals surface area contributed by atoms with Crippen LogP contribution in [0.2, 0.25) is 0 Å². The quantitative estimate of drug-likeness (QED) is 0.566. The van der Waals surface area contributed by atoms with Crippen LogP contribution in [-0.4, -0.2) is 54.1 Å². The number of aromatic nitrogens is 1. The van der Waals surface area contributed by atoms with E-state index in [0.717, 1.165) is 37.0 Å². The number of hydrogen-bond donors (Lipinski definition) is 1. The van der Waals surface area contributed by atoms with Gasteiger partial charge in [0.25, 0.3) is 0 Å². The summed E-state index contributed by atoms with van der Waals surface area (Å²) in [7, 11) is 1.76. The second-order valence-electron chi connectivity index (χ2n) is 9.27. The van der Waals surface area contributed by atoms with Gasteiger partial charge in [-0.05, 0) is 55.4 Å². The second-order valence-corrected chi connectivity index (χ2v) is 10.1. The van der Waals surface area contributed by atoms with E-state index in [-0.39, 0.29) is 29.3 Å². The molecule has 34 heavy (non-hydrogen) atoms. The highest BCUT2D eigenvalue weighted by Gasteiger charge is 2.53. The van der Waals surface area contributed by atoms with Gasteiger partial charge in [0.2, 0.25) is 5.91 Å². The lowest BCUT2D eigenvalue weighted by molar-refractivity contribution is -0.121. The zero-order valence-electron chi connectivity index (χ0n) is 19.6. The average Bonchev–Trinajstić information content (AvgIpc) is 3.10. The van der Waals surface area contributed by atoms with Crippen molar-refractivity contribution >= 4 is 28.6 Å². The third-order valence-electron chi connectivity index (χ3n) is 7.39. The Morgan fingerprint density at radius 1 is 1.18 bits per heavy atom. The molecule has 5 rings (SSSR count). The molecular weight excluding hydrogens is 449 g/mol. The summed E-state index contributed by atoms with van der Waals surface area (Å²) in [6.45, 7) is 2.46. The first-order chi connectivity index (χ1) is 16.6. The maximum atomic E-state index is 14.2. The predicted octanol–water partition coefficient (Wildman–Crippen LogP) is 4.46. The van der Waals surface area contributed by atoms with Gasteiger partial charge < -0.3 is 10.1 Å². The van der Waals surface area contributed by atoms with E-state index in [2.05, 4.69) is 33.4 Å². The monoisotopic (exact) mass is 479 g/mol. The predicted molar refractivity (Wildman–Crippen MR) is 134 cm³/mol. The zero-order valence-corrected chi connectivity index (χ0v) is 20.4. The number of thioether (sulfide) groups is 1. The molecule has 3 aromatic rings. The maximum Gasteiger partial charge on any atom is 0.230 e. The first-order valence-electron chi connectivity index (χ1n) is 11.7. The van der Waals surface area contributed by atoms with E-state index < -0.39 is 0 Å². The number of methoxy groups -OCH3 is 1. The summed E-state index contributed by atoms with van der Waals surface area (Å²) in [6.07, 6.45) is 3.69. The van der Waals surface area contributed by atoms with Crippen molar-refractivity contribution in [3.8, 4) is 0 Å². The number of fused-ring (bicyclic) bond motifs is 3. The van der Waals surface area contributed by atoms with E-state index in [1.54, 1.807) is 13.2 Å². The van der Waals surface area contributed by atoms with Gasteiger partial charge in [0, 0.05) is 24.5 Å². The van der Waals surface area contributed by atoms with Gasteiger partial charge in [-0.25, -0.2) is 9.37 Å². The van der Waals surface area contributed by atoms with Crippen molar-refractivity contribution in [2.75, 3.05) is 32.2 Å². The third-order valence-corrected chi connectivity index (χ3v) is 7.94. The molecule has 0 radical (unpaired) electrons. The Bertz CT molecular complexity index is 1200. The fraction of sp³-hybridized carbons (Fsp3) is 0.407. The molecule has 1 aliphatic carbocycles. The number of pyridine rings is 1. The van der Waals surface area contributed by atoms with Crippen LogP contribution in [0.1, 0.15) is 35.7 Å². The topological polar surface area (TPSA) is 54.5 Å². The van der Waals surface area contributed by atoms with E-state index in [1.807, 2.05) is 30.5 Å². The van der Waals surface area contributed by atoms with E-state index in [9.17, 15) is 9.18 Å². The summed E-state index contributed by atoms with van der Waals surface area (Å²) in [5.41, 5.74) is 3.64. The van der Waals surface area contributed by atoms with Crippen LogP contribution in [0.3, 0.4) is 0 Å². The summed E-state index contributed by atoms with van der Waals surface area (Å²) in [4.78, 5) is 19.5. The van der Waals surface area contributed by atoms with Gasteiger partial charge in [-0.15, -0.1) is 0 Å². The number of amides is 1. The minimum absolute atomic E-state index is 0.0402. The molecule has 2 heterocycles. The minimum Gasteiger partial charge on any atom is -0.378 e. The van der Waals surface area contributed by atoms with Crippen LogP contribution in [-0.2, 0) is 21.5 Å². The Balaban J connectivity index is 1.35. The van der Waals surface area contributed by atoms with Crippen molar-refractivity contribution in [2.45, 2.75) is 36.9 Å². The first kappa shape index (κ1) is 23.3. The van der Waals surface area contributed by atoms with E-state index in [0.29, 0.717) is 17.8 Å². The van der Waals surface area contributed by atoms with Crippen molar-refractivity contribution in [3.63, 3.8) is 0 Å². The highest BCUT2D eigenvalue weighted by atomic mass is 32.2. The third kappa shape index (κ3) is 4.10. The molecule has 0 unspecified atom stereocenters. The number of piperidine rings is 1. The number of nitrogens with one attached hydrogen (secondary N) is 1. The van der Waals surface area contributed by atoms with Crippen molar-refractivity contribution in [1.82, 2.24) is 15.2 Å². The molecule has 7 heteroatoms. The van der Waals surface area contributed by atoms with Gasteiger partial charge in [0.1, 0.15) is 11.3 Å². The van der Waals surface area contributed by atoms with Crippen molar-refractivity contribution < 1.29 is 13.9 Å². The van der Waals surface area contributed by atoms with Gasteiger partial charge >= 0.3 is 0 Å². The number of ether oxygens (including phenoxy) is 1. The number of para-hydroxylation sites is 1. The van der Waals surface area contributed by atoms with Gasteiger partial charge in [-0.3, -0.25) is 9.69 Å². The molecule has 5 nitrogen and oxygen atoms in total. The fourth-order valence-corrected chi connectivity index (χ4v) is 6.20. The summed E-state index contributed by atoms with van der Waals surface area (Å²) in [5, 5.41) is 4.06. The van der Waals surface area contributed by atoms with Crippen LogP contribution < -0.4 is 5.32 Å². The minimum atomic E-state index is -0.281. The Labute approximate surface area is 204 Å². The van der Waals surface area contributed by atoms with E-state index in [4.69, 9.17) is 4.74 Å². The average molecular weight is 480 g/mol. The van der Waals surface area contributed by atoms with Crippen molar-refractivity contribution in [3.05, 3.63) is 77.2 Å². The van der Waals surface area contributed by atoms with E-state index >= 15 is 0 Å². The zero-order chi connectivity index (χ0) is 23.7. The normalized spacial score (nSPS) is 21.6. The SMILES string of the molecule is CO[C@H]1[C@H](NC(=O)CSC)c2ccccc2C12CCN(Cc1ccc3cccc(F)c3n1)CC2. The molecule has 0 bridgehead atoms. The van der Waals surface area contributed by atoms with Crippen LogP contribution in [0.5, 0.6) is 0 Å². The Kier molecular flexibility index (Phi) is 6.60. The number of nitrogens with zero attached hydrogens (tertiary/aromatic N) is 2. The highest BCUT2D eigenvalue weighted by molar-refractivity contribution is 7.99. The Morgan fingerprint density at radius 2 is 1.97 bits per heavy atom. The number of likely N-dealkylation sites (tertiary alicyclic amines) is 1. The number of halogens is 1. The van der Waals surface area contributed by atoms with Crippen LogP contribution in [0.25, 0.3) is 10.9 Å². The Morgan fingerprint density at radius 3 is 2.74 bits per heavy atom. The molecule has 1 fully saturated rings. The standard InChI is InChI=1S/C27H30FN3O2S/c1-33-26-25(30-23(32)17-34-2)20-7-3-4-8-21(20)27(26)12-14-31(15-13-27)16-19-11-10-18-6-5-9-22(28)24(18)29-19/h3-11,25-26H,12-17H2,1-2H3,(H,30,32)/t25-,26+/m1/s1. The molecular formula is C27H30FN3O2S. The highest BCUT2D eigenvalue weighted by Crippen LogP contribution is 2.52. The molecule has 2 atom stereocenters. The van der Waals surface area contributed by atoms with Crippen LogP contribution >= 0.6 is 11.8 Å². The van der Waals surface area contributed by atoms with Crippen molar-refractivity contribution in [1.29, 1.82) is 0 Å². The molecule has 1 spiro atoms. The number of rotatable bonds is 6. The lowest BCUT2D eigenvalue weighted by Gasteiger charge is -2.44. The summed E-state index contributed by atoms with van der Waals surface area (Å²) in [6, 6.07) is 17.3. The Hall–Kier alpha value is -2.48. The lowest BCUT2D eigenvalue weighted by Crippen LogP contribution is -2.50. The number of benzene rings is 2. The van der Waals surface area contributed by atoms with Gasteiger partial charge in [0.15, 0.2) is 0 Å². The van der Waals surface area contributed by atoms with Crippen LogP contribution in [0.15, 0.2) is 54.6 Å². The van der Waals surface area contributed by atoms with Gasteiger partial charge in [0.05, 0.1) is 23.6 Å². The van der Waals surface area contributed by atoms with Crippen LogP contribution in [0, 0.1) is 5.82 Å². The lowest BCUT2D eigenvalue weighted by atomic mass is 9.72. The summed E-state index contributed by atoms with van der Waals surface area (Å²) >= 11 is 1.52. The molecule has 2 aliphatic rings. The number of carbonyl (C=O) groups excluding carboxylic acids is 1.